The summed E-state index contributed by atoms with van der Waals surface area (Å²) in [5, 5.41) is 10.1. The average molecular weight is 338 g/mol. The van der Waals surface area contributed by atoms with Crippen LogP contribution in [0.25, 0.3) is 0 Å². The third kappa shape index (κ3) is 4.86. The minimum atomic E-state index is 0.564. The fourth-order valence-corrected chi connectivity index (χ4v) is 2.91. The predicted octanol–water partition coefficient (Wildman–Crippen LogP) is 5.43. The molecule has 0 unspecified atom stereocenters. The molecule has 0 aromatic heterocycles. The molecule has 0 atom stereocenters. The van der Waals surface area contributed by atoms with Gasteiger partial charge in [0.2, 0.25) is 0 Å². The standard InChI is InChI=1S/C16H13Cl2NOS/c17-14-7-6-13(10-15(14)18)21-9-3-8-20-16-5-2-1-4-12(16)11-19/h1-2,4-7,10H,3,8-9H2. The SMILES string of the molecule is N#Cc1ccccc1OCCCSc1ccc(Cl)c(Cl)c1. The first kappa shape index (κ1) is 16.0. The summed E-state index contributed by atoms with van der Waals surface area (Å²) in [5.41, 5.74) is 0.564. The molecule has 2 rings (SSSR count). The van der Waals surface area contributed by atoms with Gasteiger partial charge in [-0.1, -0.05) is 35.3 Å². The number of ether oxygens (including phenoxy) is 1. The van der Waals surface area contributed by atoms with Gasteiger partial charge in [-0.05, 0) is 36.8 Å². The number of rotatable bonds is 6. The minimum absolute atomic E-state index is 0.564. The number of nitrogens with zero attached hydrogens (tertiary/aromatic N) is 1. The topological polar surface area (TPSA) is 33.0 Å². The Morgan fingerprint density at radius 3 is 2.67 bits per heavy atom. The van der Waals surface area contributed by atoms with Gasteiger partial charge < -0.3 is 4.74 Å². The second-order valence-electron chi connectivity index (χ2n) is 4.23. The van der Waals surface area contributed by atoms with Crippen molar-refractivity contribution >= 4 is 35.0 Å². The van der Waals surface area contributed by atoms with Crippen molar-refractivity contribution in [3.8, 4) is 11.8 Å². The van der Waals surface area contributed by atoms with Gasteiger partial charge in [-0.3, -0.25) is 0 Å². The van der Waals surface area contributed by atoms with E-state index in [0.29, 0.717) is 28.0 Å². The number of hydrogen-bond acceptors (Lipinski definition) is 3. The first-order valence-electron chi connectivity index (χ1n) is 6.40. The van der Waals surface area contributed by atoms with Crippen LogP contribution in [0.4, 0.5) is 0 Å². The number of halogens is 2. The lowest BCUT2D eigenvalue weighted by Crippen LogP contribution is -2.00. The van der Waals surface area contributed by atoms with Crippen LogP contribution >= 0.6 is 35.0 Å². The van der Waals surface area contributed by atoms with Crippen LogP contribution in [0.2, 0.25) is 10.0 Å². The Labute approximate surface area is 138 Å². The van der Waals surface area contributed by atoms with E-state index in [2.05, 4.69) is 6.07 Å². The Morgan fingerprint density at radius 1 is 1.10 bits per heavy atom. The van der Waals surface area contributed by atoms with Gasteiger partial charge in [-0.25, -0.2) is 0 Å². The van der Waals surface area contributed by atoms with Crippen molar-refractivity contribution in [1.82, 2.24) is 0 Å². The molecule has 0 fully saturated rings. The highest BCUT2D eigenvalue weighted by atomic mass is 35.5. The van der Waals surface area contributed by atoms with Crippen LogP contribution in [0, 0.1) is 11.3 Å². The van der Waals surface area contributed by atoms with Crippen LogP contribution < -0.4 is 4.74 Å². The summed E-state index contributed by atoms with van der Waals surface area (Å²) in [6, 6.07) is 15.0. The lowest BCUT2D eigenvalue weighted by molar-refractivity contribution is 0.318. The molecule has 2 aromatic carbocycles. The summed E-state index contributed by atoms with van der Waals surface area (Å²) in [7, 11) is 0. The van der Waals surface area contributed by atoms with Crippen molar-refractivity contribution in [1.29, 1.82) is 5.26 Å². The van der Waals surface area contributed by atoms with Crippen molar-refractivity contribution < 1.29 is 4.74 Å². The molecule has 0 saturated heterocycles. The number of para-hydroxylation sites is 1. The van der Waals surface area contributed by atoms with Gasteiger partial charge >= 0.3 is 0 Å². The Bertz CT molecular complexity index is 655. The van der Waals surface area contributed by atoms with Gasteiger partial charge in [-0.15, -0.1) is 11.8 Å². The smallest absolute Gasteiger partial charge is 0.137 e. The Hall–Kier alpha value is -1.34. The van der Waals surface area contributed by atoms with Crippen molar-refractivity contribution in [2.24, 2.45) is 0 Å². The van der Waals surface area contributed by atoms with Crippen LogP contribution in [-0.4, -0.2) is 12.4 Å². The van der Waals surface area contributed by atoms with Crippen molar-refractivity contribution in [3.63, 3.8) is 0 Å². The molecule has 0 amide bonds. The molecular formula is C16H13Cl2NOS. The Balaban J connectivity index is 1.75. The van der Waals surface area contributed by atoms with E-state index in [9.17, 15) is 0 Å². The van der Waals surface area contributed by atoms with Gasteiger partial charge in [0.25, 0.3) is 0 Å². The maximum absolute atomic E-state index is 8.96. The van der Waals surface area contributed by atoms with Gasteiger partial charge in [0.1, 0.15) is 11.8 Å². The lowest BCUT2D eigenvalue weighted by atomic mass is 10.2. The predicted molar refractivity (Wildman–Crippen MR) is 88.5 cm³/mol. The molecule has 21 heavy (non-hydrogen) atoms. The molecular weight excluding hydrogens is 325 g/mol. The van der Waals surface area contributed by atoms with E-state index < -0.39 is 0 Å². The number of nitriles is 1. The molecule has 5 heteroatoms. The van der Waals surface area contributed by atoms with Crippen LogP contribution in [0.5, 0.6) is 5.75 Å². The first-order chi connectivity index (χ1) is 10.2. The molecule has 108 valence electrons. The summed E-state index contributed by atoms with van der Waals surface area (Å²) in [6.45, 7) is 0.576. The molecule has 0 aliphatic rings. The summed E-state index contributed by atoms with van der Waals surface area (Å²) in [4.78, 5) is 1.09. The largest absolute Gasteiger partial charge is 0.492 e. The second-order valence-corrected chi connectivity index (χ2v) is 6.22. The maximum Gasteiger partial charge on any atom is 0.137 e. The normalized spacial score (nSPS) is 10.1. The average Bonchev–Trinajstić information content (AvgIpc) is 2.51. The number of benzene rings is 2. The van der Waals surface area contributed by atoms with Crippen molar-refractivity contribution in [3.05, 3.63) is 58.1 Å². The van der Waals surface area contributed by atoms with E-state index in [4.69, 9.17) is 33.2 Å². The Kier molecular flexibility index (Phi) is 6.25. The third-order valence-electron chi connectivity index (χ3n) is 2.71. The van der Waals surface area contributed by atoms with Gasteiger partial charge in [0.15, 0.2) is 0 Å². The van der Waals surface area contributed by atoms with Gasteiger partial charge in [-0.2, -0.15) is 5.26 Å². The molecule has 0 bridgehead atoms. The zero-order valence-corrected chi connectivity index (χ0v) is 13.5. The third-order valence-corrected chi connectivity index (χ3v) is 4.53. The maximum atomic E-state index is 8.96. The van der Waals surface area contributed by atoms with E-state index in [1.54, 1.807) is 23.9 Å². The molecule has 0 spiro atoms. The highest BCUT2D eigenvalue weighted by molar-refractivity contribution is 7.99. The highest BCUT2D eigenvalue weighted by Crippen LogP contribution is 2.28. The highest BCUT2D eigenvalue weighted by Gasteiger charge is 2.02. The van der Waals surface area contributed by atoms with Crippen LogP contribution in [-0.2, 0) is 0 Å². The van der Waals surface area contributed by atoms with E-state index in [1.807, 2.05) is 30.3 Å². The quantitative estimate of drug-likeness (QED) is 0.520. The summed E-state index contributed by atoms with van der Waals surface area (Å²) in [5.74, 6) is 1.55. The molecule has 0 heterocycles. The summed E-state index contributed by atoms with van der Waals surface area (Å²) >= 11 is 13.5. The number of hydrogen-bond donors (Lipinski definition) is 0. The van der Waals surface area contributed by atoms with Crippen molar-refractivity contribution in [2.75, 3.05) is 12.4 Å². The fraction of sp³-hybridized carbons (Fsp3) is 0.188. The van der Waals surface area contributed by atoms with Crippen LogP contribution in [0.3, 0.4) is 0 Å². The molecule has 0 N–H and O–H groups in total. The fourth-order valence-electron chi connectivity index (χ4n) is 1.68. The van der Waals surface area contributed by atoms with Crippen LogP contribution in [0.15, 0.2) is 47.4 Å². The number of thioether (sulfide) groups is 1. The van der Waals surface area contributed by atoms with Gasteiger partial charge in [0.05, 0.1) is 22.2 Å². The zero-order chi connectivity index (χ0) is 15.1. The molecule has 2 nitrogen and oxygen atoms in total. The second kappa shape index (κ2) is 8.19. The molecule has 0 saturated carbocycles. The van der Waals surface area contributed by atoms with E-state index in [1.165, 1.54) is 0 Å². The van der Waals surface area contributed by atoms with E-state index >= 15 is 0 Å². The van der Waals surface area contributed by atoms with Crippen molar-refractivity contribution in [2.45, 2.75) is 11.3 Å². The van der Waals surface area contributed by atoms with Crippen LogP contribution in [0.1, 0.15) is 12.0 Å². The minimum Gasteiger partial charge on any atom is -0.492 e. The summed E-state index contributed by atoms with van der Waals surface area (Å²) in [6.07, 6.45) is 0.880. The lowest BCUT2D eigenvalue weighted by Gasteiger charge is -2.07. The summed E-state index contributed by atoms with van der Waals surface area (Å²) < 4.78 is 5.63. The molecule has 2 aromatic rings. The molecule has 0 aliphatic heterocycles. The monoisotopic (exact) mass is 337 g/mol. The zero-order valence-electron chi connectivity index (χ0n) is 11.2. The van der Waals surface area contributed by atoms with E-state index in [-0.39, 0.29) is 0 Å². The first-order valence-corrected chi connectivity index (χ1v) is 8.14. The molecule has 0 radical (unpaired) electrons. The molecule has 0 aliphatic carbocycles. The van der Waals surface area contributed by atoms with E-state index in [0.717, 1.165) is 17.1 Å². The van der Waals surface area contributed by atoms with Gasteiger partial charge in [0, 0.05) is 10.6 Å². The Morgan fingerprint density at radius 2 is 1.90 bits per heavy atom.